The van der Waals surface area contributed by atoms with Crippen molar-refractivity contribution in [3.8, 4) is 0 Å². The van der Waals surface area contributed by atoms with E-state index in [-0.39, 0.29) is 19.0 Å². The van der Waals surface area contributed by atoms with Crippen LogP contribution in [0.2, 0.25) is 10.0 Å². The second kappa shape index (κ2) is 7.27. The van der Waals surface area contributed by atoms with Crippen LogP contribution in [0.25, 0.3) is 0 Å². The van der Waals surface area contributed by atoms with Crippen molar-refractivity contribution in [2.24, 2.45) is 0 Å². The number of aliphatic hydroxyl groups excluding tert-OH is 1. The lowest BCUT2D eigenvalue weighted by Crippen LogP contribution is -2.37. The van der Waals surface area contributed by atoms with E-state index in [1.807, 2.05) is 4.90 Å². The summed E-state index contributed by atoms with van der Waals surface area (Å²) in [6, 6.07) is 4.96. The zero-order valence-corrected chi connectivity index (χ0v) is 12.6. The zero-order chi connectivity index (χ0) is 14.5. The molecule has 110 valence electrons. The summed E-state index contributed by atoms with van der Waals surface area (Å²) in [5.74, 6) is 0.0758. The minimum Gasteiger partial charge on any atom is -0.387 e. The highest BCUT2D eigenvalue weighted by Gasteiger charge is 2.18. The molecule has 1 aliphatic rings. The molecule has 20 heavy (non-hydrogen) atoms. The number of halogens is 2. The van der Waals surface area contributed by atoms with Crippen molar-refractivity contribution in [1.29, 1.82) is 0 Å². The molecule has 0 saturated carbocycles. The van der Waals surface area contributed by atoms with Crippen LogP contribution in [0, 0.1) is 0 Å². The molecule has 1 fully saturated rings. The highest BCUT2D eigenvalue weighted by atomic mass is 35.5. The van der Waals surface area contributed by atoms with Crippen molar-refractivity contribution >= 4 is 29.1 Å². The quantitative estimate of drug-likeness (QED) is 0.876. The third-order valence-electron chi connectivity index (χ3n) is 3.39. The molecule has 4 nitrogen and oxygen atoms in total. The van der Waals surface area contributed by atoms with E-state index in [1.165, 1.54) is 0 Å². The number of nitrogens with one attached hydrogen (secondary N) is 1. The molecule has 1 unspecified atom stereocenters. The van der Waals surface area contributed by atoms with E-state index in [9.17, 15) is 9.90 Å². The second-order valence-corrected chi connectivity index (χ2v) is 5.74. The van der Waals surface area contributed by atoms with Gasteiger partial charge in [0.1, 0.15) is 0 Å². The van der Waals surface area contributed by atoms with Crippen LogP contribution in [0.4, 0.5) is 0 Å². The number of carbonyl (C=O) groups excluding carboxylic acids is 1. The van der Waals surface area contributed by atoms with E-state index in [0.29, 0.717) is 15.6 Å². The van der Waals surface area contributed by atoms with Gasteiger partial charge in [-0.15, -0.1) is 0 Å². The predicted molar refractivity (Wildman–Crippen MR) is 80.1 cm³/mol. The van der Waals surface area contributed by atoms with Crippen LogP contribution >= 0.6 is 23.2 Å². The maximum atomic E-state index is 11.8. The molecular formula is C14H18Cl2N2O2. The van der Waals surface area contributed by atoms with Crippen molar-refractivity contribution in [3.63, 3.8) is 0 Å². The minimum absolute atomic E-state index is 0.0758. The third-order valence-corrected chi connectivity index (χ3v) is 3.97. The van der Waals surface area contributed by atoms with Crippen LogP contribution in [-0.4, -0.2) is 42.1 Å². The molecule has 1 heterocycles. The fourth-order valence-corrected chi connectivity index (χ4v) is 2.70. The van der Waals surface area contributed by atoms with Crippen molar-refractivity contribution in [3.05, 3.63) is 33.8 Å². The summed E-state index contributed by atoms with van der Waals surface area (Å²) < 4.78 is 0. The lowest BCUT2D eigenvalue weighted by molar-refractivity contribution is -0.129. The Bertz CT molecular complexity index is 476. The molecule has 1 aromatic carbocycles. The number of aliphatic hydroxyl groups is 1. The molecule has 1 saturated heterocycles. The van der Waals surface area contributed by atoms with Gasteiger partial charge in [-0.3, -0.25) is 4.79 Å². The van der Waals surface area contributed by atoms with Crippen LogP contribution < -0.4 is 5.32 Å². The third kappa shape index (κ3) is 4.09. The summed E-state index contributed by atoms with van der Waals surface area (Å²) in [5, 5.41) is 14.0. The van der Waals surface area contributed by atoms with Gasteiger partial charge in [-0.05, 0) is 31.0 Å². The summed E-state index contributed by atoms with van der Waals surface area (Å²) in [7, 11) is 0. The first-order valence-corrected chi connectivity index (χ1v) is 7.45. The normalized spacial score (nSPS) is 16.4. The number of hydrogen-bond acceptors (Lipinski definition) is 3. The lowest BCUT2D eigenvalue weighted by Gasteiger charge is -2.17. The van der Waals surface area contributed by atoms with Gasteiger partial charge in [-0.1, -0.05) is 23.2 Å². The van der Waals surface area contributed by atoms with Gasteiger partial charge in [0, 0.05) is 35.2 Å². The number of hydrogen-bond donors (Lipinski definition) is 2. The average Bonchev–Trinajstić information content (AvgIpc) is 2.95. The smallest absolute Gasteiger partial charge is 0.236 e. The Kier molecular flexibility index (Phi) is 5.66. The number of amides is 1. The van der Waals surface area contributed by atoms with Crippen LogP contribution in [0.1, 0.15) is 24.5 Å². The molecule has 1 aliphatic heterocycles. The molecule has 1 amide bonds. The number of rotatable bonds is 5. The van der Waals surface area contributed by atoms with Crippen LogP contribution in [0.5, 0.6) is 0 Å². The fourth-order valence-electron chi connectivity index (χ4n) is 2.27. The molecule has 2 N–H and O–H groups in total. The largest absolute Gasteiger partial charge is 0.387 e. The van der Waals surface area contributed by atoms with Crippen LogP contribution in [0.15, 0.2) is 18.2 Å². The highest BCUT2D eigenvalue weighted by Crippen LogP contribution is 2.25. The van der Waals surface area contributed by atoms with E-state index in [4.69, 9.17) is 23.2 Å². The maximum absolute atomic E-state index is 11.8. The lowest BCUT2D eigenvalue weighted by atomic mass is 10.1. The first kappa shape index (κ1) is 15.6. The van der Waals surface area contributed by atoms with Gasteiger partial charge < -0.3 is 15.3 Å². The Morgan fingerprint density at radius 3 is 2.75 bits per heavy atom. The summed E-state index contributed by atoms with van der Waals surface area (Å²) in [6.45, 7) is 2.17. The van der Waals surface area contributed by atoms with Crippen molar-refractivity contribution in [2.75, 3.05) is 26.2 Å². The topological polar surface area (TPSA) is 52.6 Å². The zero-order valence-electron chi connectivity index (χ0n) is 11.1. The Hall–Kier alpha value is -0.810. The monoisotopic (exact) mass is 316 g/mol. The van der Waals surface area contributed by atoms with Crippen molar-refractivity contribution in [2.45, 2.75) is 18.9 Å². The van der Waals surface area contributed by atoms with Gasteiger partial charge in [0.15, 0.2) is 0 Å². The van der Waals surface area contributed by atoms with Gasteiger partial charge in [0.05, 0.1) is 12.6 Å². The fraction of sp³-hybridized carbons (Fsp3) is 0.500. The van der Waals surface area contributed by atoms with Gasteiger partial charge >= 0.3 is 0 Å². The number of likely N-dealkylation sites (tertiary alicyclic amines) is 1. The molecule has 0 spiro atoms. The first-order chi connectivity index (χ1) is 9.58. The van der Waals surface area contributed by atoms with Crippen molar-refractivity contribution < 1.29 is 9.90 Å². The second-order valence-electron chi connectivity index (χ2n) is 4.90. The molecule has 1 aromatic rings. The molecule has 0 aromatic heterocycles. The first-order valence-electron chi connectivity index (χ1n) is 6.69. The van der Waals surface area contributed by atoms with E-state index >= 15 is 0 Å². The van der Waals surface area contributed by atoms with E-state index in [1.54, 1.807) is 18.2 Å². The maximum Gasteiger partial charge on any atom is 0.236 e. The molecule has 2 rings (SSSR count). The Labute approximate surface area is 128 Å². The summed E-state index contributed by atoms with van der Waals surface area (Å²) in [6.07, 6.45) is 1.37. The highest BCUT2D eigenvalue weighted by molar-refractivity contribution is 6.33. The molecular weight excluding hydrogens is 299 g/mol. The van der Waals surface area contributed by atoms with Gasteiger partial charge in [0.25, 0.3) is 0 Å². The van der Waals surface area contributed by atoms with E-state index in [0.717, 1.165) is 25.9 Å². The standard InChI is InChI=1S/C14H18Cl2N2O2/c15-10-3-4-12(16)11(7-10)13(19)8-17-9-14(20)18-5-1-2-6-18/h3-4,7,13,17,19H,1-2,5-6,8-9H2. The van der Waals surface area contributed by atoms with Gasteiger partial charge in [0.2, 0.25) is 5.91 Å². The van der Waals surface area contributed by atoms with Crippen LogP contribution in [0.3, 0.4) is 0 Å². The molecule has 1 atom stereocenters. The van der Waals surface area contributed by atoms with Gasteiger partial charge in [-0.25, -0.2) is 0 Å². The van der Waals surface area contributed by atoms with Crippen molar-refractivity contribution in [1.82, 2.24) is 10.2 Å². The number of nitrogens with zero attached hydrogens (tertiary/aromatic N) is 1. The van der Waals surface area contributed by atoms with E-state index < -0.39 is 6.10 Å². The summed E-state index contributed by atoms with van der Waals surface area (Å²) in [4.78, 5) is 13.7. The van der Waals surface area contributed by atoms with Gasteiger partial charge in [-0.2, -0.15) is 0 Å². The molecule has 0 bridgehead atoms. The minimum atomic E-state index is -0.785. The SMILES string of the molecule is O=C(CNCC(O)c1cc(Cl)ccc1Cl)N1CCCC1. The molecule has 0 aliphatic carbocycles. The summed E-state index contributed by atoms with van der Waals surface area (Å²) in [5.41, 5.74) is 0.570. The summed E-state index contributed by atoms with van der Waals surface area (Å²) >= 11 is 11.9. The Morgan fingerprint density at radius 2 is 2.05 bits per heavy atom. The average molecular weight is 317 g/mol. The Morgan fingerprint density at radius 1 is 1.35 bits per heavy atom. The van der Waals surface area contributed by atoms with Crippen LogP contribution in [-0.2, 0) is 4.79 Å². The van der Waals surface area contributed by atoms with E-state index in [2.05, 4.69) is 5.32 Å². The number of carbonyl (C=O) groups is 1. The Balaban J connectivity index is 1.81. The molecule has 6 heteroatoms. The predicted octanol–water partition coefficient (Wildman–Crippen LogP) is 2.24. The molecule has 0 radical (unpaired) electrons. The number of benzene rings is 1.